The predicted molar refractivity (Wildman–Crippen MR) is 126 cm³/mol. The van der Waals surface area contributed by atoms with Crippen molar-refractivity contribution >= 4 is 23.7 Å². The Bertz CT molecular complexity index is 1160. The molecule has 200 valence electrons. The lowest BCUT2D eigenvalue weighted by atomic mass is 9.60. The zero-order valence-electron chi connectivity index (χ0n) is 20.6. The number of carbonyl (C=O) groups excluding carboxylic acids is 2. The lowest BCUT2D eigenvalue weighted by molar-refractivity contribution is -0.192. The van der Waals surface area contributed by atoms with Crippen molar-refractivity contribution in [1.82, 2.24) is 24.3 Å². The van der Waals surface area contributed by atoms with E-state index in [4.69, 9.17) is 9.90 Å². The van der Waals surface area contributed by atoms with Crippen molar-refractivity contribution in [3.63, 3.8) is 0 Å². The molecule has 3 aliphatic heterocycles. The second-order valence-electron chi connectivity index (χ2n) is 9.84. The number of alkyl halides is 3. The Morgan fingerprint density at radius 2 is 1.62 bits per heavy atom. The predicted octanol–water partition coefficient (Wildman–Crippen LogP) is 2.04. The molecule has 5 heterocycles. The van der Waals surface area contributed by atoms with E-state index < -0.39 is 17.6 Å². The maximum absolute atomic E-state index is 13.4. The first-order valence-electron chi connectivity index (χ1n) is 11.9. The van der Waals surface area contributed by atoms with Gasteiger partial charge in [-0.15, -0.1) is 0 Å². The summed E-state index contributed by atoms with van der Waals surface area (Å²) >= 11 is 0. The van der Waals surface area contributed by atoms with Crippen molar-refractivity contribution in [2.24, 2.45) is 17.9 Å². The van der Waals surface area contributed by atoms with E-state index in [2.05, 4.69) is 14.9 Å². The van der Waals surface area contributed by atoms with Gasteiger partial charge in [0.2, 0.25) is 11.9 Å². The highest BCUT2D eigenvalue weighted by molar-refractivity contribution is 5.93. The van der Waals surface area contributed by atoms with Gasteiger partial charge in [0, 0.05) is 70.8 Å². The topological polar surface area (TPSA) is 112 Å². The van der Waals surface area contributed by atoms with E-state index in [1.54, 1.807) is 12.4 Å². The molecule has 2 spiro atoms. The van der Waals surface area contributed by atoms with Gasteiger partial charge >= 0.3 is 12.1 Å². The number of anilines is 1. The number of aliphatic carboxylic acids is 1. The molecule has 0 bridgehead atoms. The van der Waals surface area contributed by atoms with Crippen LogP contribution < -0.4 is 4.90 Å². The molecule has 2 aromatic heterocycles. The molecule has 2 amide bonds. The van der Waals surface area contributed by atoms with Gasteiger partial charge in [-0.05, 0) is 37.5 Å². The highest BCUT2D eigenvalue weighted by Gasteiger charge is 2.65. The Kier molecular flexibility index (Phi) is 6.91. The fourth-order valence-electron chi connectivity index (χ4n) is 5.85. The average molecular weight is 523 g/mol. The first kappa shape index (κ1) is 26.4. The molecule has 10 nitrogen and oxygen atoms in total. The van der Waals surface area contributed by atoms with Crippen molar-refractivity contribution in [3.05, 3.63) is 42.5 Å². The van der Waals surface area contributed by atoms with Gasteiger partial charge in [0.15, 0.2) is 0 Å². The number of carboxylic acids is 1. The quantitative estimate of drug-likeness (QED) is 0.643. The molecule has 1 unspecified atom stereocenters. The van der Waals surface area contributed by atoms with Crippen LogP contribution in [0.4, 0.5) is 19.1 Å². The number of rotatable bonds is 2. The van der Waals surface area contributed by atoms with Gasteiger partial charge < -0.3 is 24.4 Å². The van der Waals surface area contributed by atoms with Gasteiger partial charge in [0.05, 0.1) is 5.41 Å². The Morgan fingerprint density at radius 3 is 2.11 bits per heavy atom. The number of aryl methyl sites for hydroxylation is 1. The van der Waals surface area contributed by atoms with E-state index in [-0.39, 0.29) is 17.2 Å². The lowest BCUT2D eigenvalue weighted by Gasteiger charge is -2.46. The molecular formula is C24H29F3N6O4. The number of aromatic nitrogens is 3. The number of fused-ring (bicyclic) bond motifs is 1. The van der Waals surface area contributed by atoms with Crippen LogP contribution in [0, 0.1) is 10.8 Å². The van der Waals surface area contributed by atoms with E-state index in [0.717, 1.165) is 32.4 Å². The fourth-order valence-corrected chi connectivity index (χ4v) is 5.85. The molecule has 0 saturated carbocycles. The molecule has 5 rings (SSSR count). The summed E-state index contributed by atoms with van der Waals surface area (Å²) in [5.74, 6) is -1.75. The van der Waals surface area contributed by atoms with Crippen molar-refractivity contribution in [2.45, 2.75) is 25.4 Å². The molecular weight excluding hydrogens is 493 g/mol. The zero-order valence-corrected chi connectivity index (χ0v) is 20.6. The number of nitrogens with zero attached hydrogens (tertiary/aromatic N) is 6. The summed E-state index contributed by atoms with van der Waals surface area (Å²) in [4.78, 5) is 50.2. The maximum atomic E-state index is 13.4. The van der Waals surface area contributed by atoms with E-state index in [1.807, 2.05) is 52.9 Å². The van der Waals surface area contributed by atoms with Gasteiger partial charge in [0.1, 0.15) is 5.69 Å². The Labute approximate surface area is 211 Å². The monoisotopic (exact) mass is 522 g/mol. The minimum absolute atomic E-state index is 0.0718. The SMILES string of the molecule is CN1CCC2(CN(c3ncccn3)CC23CCN(C(=O)c2cccn2C)CC3)C1=O.O=C(O)C(F)(F)F. The molecule has 3 saturated heterocycles. The third kappa shape index (κ3) is 4.74. The molecule has 3 fully saturated rings. The van der Waals surface area contributed by atoms with Gasteiger partial charge in [-0.2, -0.15) is 13.2 Å². The fraction of sp³-hybridized carbons (Fsp3) is 0.542. The summed E-state index contributed by atoms with van der Waals surface area (Å²) in [6, 6.07) is 5.58. The Morgan fingerprint density at radius 1 is 1.00 bits per heavy atom. The van der Waals surface area contributed by atoms with Crippen LogP contribution in [-0.2, 0) is 16.6 Å². The third-order valence-corrected chi connectivity index (χ3v) is 7.85. The second-order valence-corrected chi connectivity index (χ2v) is 9.84. The summed E-state index contributed by atoms with van der Waals surface area (Å²) < 4.78 is 33.6. The molecule has 0 aliphatic carbocycles. The molecule has 0 aromatic carbocycles. The van der Waals surface area contributed by atoms with Crippen LogP contribution in [0.3, 0.4) is 0 Å². The van der Waals surface area contributed by atoms with E-state index in [1.165, 1.54) is 0 Å². The summed E-state index contributed by atoms with van der Waals surface area (Å²) in [6.45, 7) is 3.56. The van der Waals surface area contributed by atoms with Crippen LogP contribution >= 0.6 is 0 Å². The van der Waals surface area contributed by atoms with Crippen LogP contribution in [0.5, 0.6) is 0 Å². The van der Waals surface area contributed by atoms with Crippen LogP contribution in [0.2, 0.25) is 0 Å². The van der Waals surface area contributed by atoms with Crippen molar-refractivity contribution in [3.8, 4) is 0 Å². The summed E-state index contributed by atoms with van der Waals surface area (Å²) in [6.07, 6.45) is 2.83. The number of hydrogen-bond acceptors (Lipinski definition) is 6. The summed E-state index contributed by atoms with van der Waals surface area (Å²) in [5, 5.41) is 7.12. The summed E-state index contributed by atoms with van der Waals surface area (Å²) in [7, 11) is 3.80. The van der Waals surface area contributed by atoms with Gasteiger partial charge in [-0.3, -0.25) is 9.59 Å². The molecule has 3 aliphatic rings. The van der Waals surface area contributed by atoms with Crippen LogP contribution in [0.25, 0.3) is 0 Å². The minimum Gasteiger partial charge on any atom is -0.475 e. The highest BCUT2D eigenvalue weighted by atomic mass is 19.4. The van der Waals surface area contributed by atoms with Crippen molar-refractivity contribution in [1.29, 1.82) is 0 Å². The van der Waals surface area contributed by atoms with Crippen LogP contribution in [-0.4, -0.2) is 93.2 Å². The smallest absolute Gasteiger partial charge is 0.475 e. The van der Waals surface area contributed by atoms with Gasteiger partial charge in [-0.1, -0.05) is 0 Å². The second kappa shape index (κ2) is 9.67. The number of carbonyl (C=O) groups is 3. The van der Waals surface area contributed by atoms with E-state index >= 15 is 0 Å². The molecule has 1 atom stereocenters. The largest absolute Gasteiger partial charge is 0.490 e. The number of likely N-dealkylation sites (tertiary alicyclic amines) is 2. The standard InChI is InChI=1S/C22H28N6O2.C2HF3O2/c1-25-11-3-5-17(25)18(29)27-13-6-21(7-14-27)15-28(20-23-9-4-10-24-20)16-22(21)8-12-26(2)19(22)30;3-2(4,5)1(6)7/h3-5,9-11H,6-8,12-16H2,1-2H3;(H,6,7). The Hall–Kier alpha value is -3.64. The first-order chi connectivity index (χ1) is 17.4. The molecule has 0 radical (unpaired) electrons. The normalized spacial score (nSPS) is 22.9. The highest BCUT2D eigenvalue weighted by Crippen LogP contribution is 2.58. The molecule has 1 N–H and O–H groups in total. The zero-order chi connectivity index (χ0) is 27.0. The maximum Gasteiger partial charge on any atom is 0.490 e. The van der Waals surface area contributed by atoms with Gasteiger partial charge in [-0.25, -0.2) is 14.8 Å². The van der Waals surface area contributed by atoms with E-state index in [9.17, 15) is 22.8 Å². The summed E-state index contributed by atoms with van der Waals surface area (Å²) in [5.41, 5.74) is 0.142. The van der Waals surface area contributed by atoms with E-state index in [0.29, 0.717) is 31.3 Å². The average Bonchev–Trinajstić information content (AvgIpc) is 3.52. The number of carboxylic acid groups (broad SMARTS) is 1. The van der Waals surface area contributed by atoms with Crippen molar-refractivity contribution in [2.75, 3.05) is 44.7 Å². The Balaban J connectivity index is 0.000000405. The number of halogens is 3. The minimum atomic E-state index is -5.08. The first-order valence-corrected chi connectivity index (χ1v) is 11.9. The number of piperidine rings is 1. The number of amides is 2. The molecule has 37 heavy (non-hydrogen) atoms. The molecule has 13 heteroatoms. The van der Waals surface area contributed by atoms with Crippen LogP contribution in [0.15, 0.2) is 36.8 Å². The lowest BCUT2D eigenvalue weighted by Crippen LogP contribution is -2.53. The number of hydrogen-bond donors (Lipinski definition) is 1. The third-order valence-electron chi connectivity index (χ3n) is 7.85. The molecule has 2 aromatic rings. The van der Waals surface area contributed by atoms with Crippen molar-refractivity contribution < 1.29 is 32.7 Å². The van der Waals surface area contributed by atoms with Gasteiger partial charge in [0.25, 0.3) is 5.91 Å². The van der Waals surface area contributed by atoms with Crippen LogP contribution in [0.1, 0.15) is 29.8 Å².